The number of benzene rings is 1. The van der Waals surface area contributed by atoms with Crippen molar-refractivity contribution >= 4 is 0 Å². The molecule has 0 unspecified atom stereocenters. The zero-order valence-electron chi connectivity index (χ0n) is 13.7. The minimum Gasteiger partial charge on any atom is -0.490 e. The summed E-state index contributed by atoms with van der Waals surface area (Å²) in [6.07, 6.45) is 0. The fourth-order valence-electron chi connectivity index (χ4n) is 2.44. The van der Waals surface area contributed by atoms with E-state index in [-0.39, 0.29) is 0 Å². The topological polar surface area (TPSA) is 24.9 Å². The monoisotopic (exact) mass is 302 g/mol. The van der Waals surface area contributed by atoms with Gasteiger partial charge >= 0.3 is 0 Å². The van der Waals surface area contributed by atoms with Gasteiger partial charge in [-0.05, 0) is 25.6 Å². The molecule has 22 heavy (non-hydrogen) atoms. The van der Waals surface area contributed by atoms with Crippen molar-refractivity contribution in [3.63, 3.8) is 0 Å². The van der Waals surface area contributed by atoms with Crippen LogP contribution in [0, 0.1) is 11.8 Å². The zero-order chi connectivity index (χ0) is 15.6. The van der Waals surface area contributed by atoms with Crippen molar-refractivity contribution in [2.75, 3.05) is 52.5 Å². The van der Waals surface area contributed by atoms with Crippen molar-refractivity contribution in [3.05, 3.63) is 24.3 Å². The average molecular weight is 302 g/mol. The lowest BCUT2D eigenvalue weighted by atomic mass is 10.3. The molecule has 0 atom stereocenters. The van der Waals surface area contributed by atoms with Gasteiger partial charge in [-0.15, -0.1) is 0 Å². The molecular weight excluding hydrogens is 276 g/mol. The lowest BCUT2D eigenvalue weighted by molar-refractivity contribution is 0.149. The third-order valence-corrected chi connectivity index (χ3v) is 3.79. The normalized spacial score (nSPS) is 15.9. The van der Waals surface area contributed by atoms with E-state index in [0.717, 1.165) is 50.8 Å². The van der Waals surface area contributed by atoms with E-state index in [1.54, 1.807) is 0 Å². The van der Waals surface area contributed by atoms with Crippen LogP contribution < -0.4 is 9.47 Å². The van der Waals surface area contributed by atoms with Gasteiger partial charge in [0.2, 0.25) is 0 Å². The molecule has 0 saturated carbocycles. The maximum atomic E-state index is 5.69. The van der Waals surface area contributed by atoms with E-state index in [1.165, 1.54) is 0 Å². The van der Waals surface area contributed by atoms with Crippen molar-refractivity contribution in [2.24, 2.45) is 0 Å². The molecule has 2 rings (SSSR count). The van der Waals surface area contributed by atoms with Crippen molar-refractivity contribution in [2.45, 2.75) is 13.8 Å². The second-order valence-electron chi connectivity index (χ2n) is 5.23. The van der Waals surface area contributed by atoms with Crippen LogP contribution in [0.5, 0.6) is 11.5 Å². The fourth-order valence-corrected chi connectivity index (χ4v) is 2.44. The molecule has 4 nitrogen and oxygen atoms in total. The van der Waals surface area contributed by atoms with E-state index >= 15 is 0 Å². The quantitative estimate of drug-likeness (QED) is 0.752. The summed E-state index contributed by atoms with van der Waals surface area (Å²) >= 11 is 0. The molecule has 4 heteroatoms. The molecule has 0 spiro atoms. The predicted octanol–water partition coefficient (Wildman–Crippen LogP) is 2.10. The summed E-state index contributed by atoms with van der Waals surface area (Å²) in [5.41, 5.74) is 0. The molecule has 1 aromatic carbocycles. The van der Waals surface area contributed by atoms with Gasteiger partial charge in [-0.1, -0.05) is 30.9 Å². The summed E-state index contributed by atoms with van der Waals surface area (Å²) < 4.78 is 11.2. The van der Waals surface area contributed by atoms with Gasteiger partial charge in [-0.2, -0.15) is 0 Å². The van der Waals surface area contributed by atoms with Crippen LogP contribution in [-0.4, -0.2) is 62.3 Å². The Bertz CT molecular complexity index is 499. The van der Waals surface area contributed by atoms with Crippen molar-refractivity contribution in [1.82, 2.24) is 9.80 Å². The van der Waals surface area contributed by atoms with Crippen LogP contribution in [0.15, 0.2) is 24.3 Å². The largest absolute Gasteiger partial charge is 0.490 e. The molecule has 0 bridgehead atoms. The van der Waals surface area contributed by atoms with Crippen molar-refractivity contribution in [3.8, 4) is 23.3 Å². The molecule has 0 amide bonds. The molecule has 1 heterocycles. The molecule has 1 aromatic rings. The van der Waals surface area contributed by atoms with Crippen LogP contribution in [-0.2, 0) is 0 Å². The van der Waals surface area contributed by atoms with Crippen LogP contribution in [0.3, 0.4) is 0 Å². The Balaban J connectivity index is 1.71. The van der Waals surface area contributed by atoms with Gasteiger partial charge in [-0.25, -0.2) is 0 Å². The van der Waals surface area contributed by atoms with Gasteiger partial charge < -0.3 is 14.4 Å². The number of piperazine rings is 1. The summed E-state index contributed by atoms with van der Waals surface area (Å²) in [6.45, 7) is 11.7. The Morgan fingerprint density at radius 3 is 2.18 bits per heavy atom. The smallest absolute Gasteiger partial charge is 0.162 e. The zero-order valence-corrected chi connectivity index (χ0v) is 13.7. The lowest BCUT2D eigenvalue weighted by Crippen LogP contribution is -2.46. The van der Waals surface area contributed by atoms with Crippen LogP contribution in [0.4, 0.5) is 0 Å². The highest BCUT2D eigenvalue weighted by molar-refractivity contribution is 5.39. The summed E-state index contributed by atoms with van der Waals surface area (Å²) in [4.78, 5) is 4.87. The number of nitrogens with zero attached hydrogens (tertiary/aromatic N) is 2. The lowest BCUT2D eigenvalue weighted by Gasteiger charge is -2.32. The highest BCUT2D eigenvalue weighted by Gasteiger charge is 2.13. The summed E-state index contributed by atoms with van der Waals surface area (Å²) in [7, 11) is 0. The molecule has 1 saturated heterocycles. The van der Waals surface area contributed by atoms with Gasteiger partial charge in [0.25, 0.3) is 0 Å². The first-order chi connectivity index (χ1) is 10.8. The molecule has 1 aliphatic heterocycles. The number of ether oxygens (including phenoxy) is 2. The molecule has 1 aliphatic rings. The number of rotatable bonds is 6. The van der Waals surface area contributed by atoms with Gasteiger partial charge in [0.05, 0.1) is 13.2 Å². The molecule has 120 valence electrons. The third-order valence-electron chi connectivity index (χ3n) is 3.79. The Kier molecular flexibility index (Phi) is 7.08. The molecule has 0 N–H and O–H groups in total. The van der Waals surface area contributed by atoms with E-state index in [1.807, 2.05) is 31.2 Å². The summed E-state index contributed by atoms with van der Waals surface area (Å²) in [6, 6.07) is 7.72. The van der Waals surface area contributed by atoms with Gasteiger partial charge in [0, 0.05) is 26.2 Å². The van der Waals surface area contributed by atoms with Crippen molar-refractivity contribution < 1.29 is 9.47 Å². The minimum atomic E-state index is 0.402. The first kappa shape index (κ1) is 16.7. The second-order valence-corrected chi connectivity index (χ2v) is 5.23. The van der Waals surface area contributed by atoms with Crippen LogP contribution in [0.1, 0.15) is 13.8 Å². The van der Waals surface area contributed by atoms with Crippen LogP contribution in [0.2, 0.25) is 0 Å². The second kappa shape index (κ2) is 9.34. The van der Waals surface area contributed by atoms with Crippen LogP contribution in [0.25, 0.3) is 0 Å². The maximum absolute atomic E-state index is 5.69. The van der Waals surface area contributed by atoms with Gasteiger partial charge in [-0.3, -0.25) is 4.90 Å². The first-order valence-corrected chi connectivity index (χ1v) is 8.08. The average Bonchev–Trinajstić information content (AvgIpc) is 2.57. The fraction of sp³-hybridized carbons (Fsp3) is 0.556. The van der Waals surface area contributed by atoms with Gasteiger partial charge in [0.15, 0.2) is 11.5 Å². The van der Waals surface area contributed by atoms with E-state index < -0.39 is 0 Å². The van der Waals surface area contributed by atoms with E-state index in [9.17, 15) is 0 Å². The number of likely N-dealkylation sites (N-methyl/N-ethyl adjacent to an activating group) is 1. The Morgan fingerprint density at radius 2 is 1.55 bits per heavy atom. The number of hydrogen-bond donors (Lipinski definition) is 0. The highest BCUT2D eigenvalue weighted by atomic mass is 16.5. The predicted molar refractivity (Wildman–Crippen MR) is 89.4 cm³/mol. The van der Waals surface area contributed by atoms with Crippen LogP contribution >= 0.6 is 0 Å². The van der Waals surface area contributed by atoms with E-state index in [0.29, 0.717) is 13.2 Å². The standard InChI is InChI=1S/C18H26N2O2/c1-3-19-12-14-20(15-13-19)11-7-8-16-22-18-10-6-5-9-17(18)21-4-2/h5-6,9-10H,3-4,11-16H2,1-2H3. The minimum absolute atomic E-state index is 0.402. The number of para-hydroxylation sites is 2. The summed E-state index contributed by atoms with van der Waals surface area (Å²) in [5.74, 6) is 7.83. The van der Waals surface area contributed by atoms with Gasteiger partial charge in [0.1, 0.15) is 6.61 Å². The first-order valence-electron chi connectivity index (χ1n) is 8.08. The molecule has 0 radical (unpaired) electrons. The Morgan fingerprint density at radius 1 is 0.909 bits per heavy atom. The summed E-state index contributed by atoms with van der Waals surface area (Å²) in [5, 5.41) is 0. The Hall–Kier alpha value is -1.70. The molecule has 0 aliphatic carbocycles. The van der Waals surface area contributed by atoms with Crippen molar-refractivity contribution in [1.29, 1.82) is 0 Å². The SMILES string of the molecule is CCOc1ccccc1OCC#CCN1CCN(CC)CC1. The van der Waals surface area contributed by atoms with E-state index in [4.69, 9.17) is 9.47 Å². The molecule has 0 aromatic heterocycles. The maximum Gasteiger partial charge on any atom is 0.162 e. The third kappa shape index (κ3) is 5.25. The molecule has 1 fully saturated rings. The Labute approximate surface area is 134 Å². The molecular formula is C18H26N2O2. The van der Waals surface area contributed by atoms with E-state index in [2.05, 4.69) is 28.6 Å². The highest BCUT2D eigenvalue weighted by Crippen LogP contribution is 2.25. The number of hydrogen-bond acceptors (Lipinski definition) is 4.